The number of carbonyl (C=O) groups excluding carboxylic acids is 1. The molecular weight excluding hydrogens is 411 g/mol. The predicted molar refractivity (Wildman–Crippen MR) is 94.5 cm³/mol. The highest BCUT2D eigenvalue weighted by molar-refractivity contribution is 9.10. The standard InChI is InChI=1S/C15H18BrFN6O3/c1-15(2,3)21-13(24)26-8-10(4-17)7-23-14(25)22(9-20-23)12-6-18-11(16)5-19-12/h4-6,9H,7-8H2,1-3H3,(H,21,24)/b10-4+. The van der Waals surface area contributed by atoms with E-state index in [1.165, 1.54) is 23.3 Å². The Morgan fingerprint density at radius 2 is 2.12 bits per heavy atom. The lowest BCUT2D eigenvalue weighted by atomic mass is 10.1. The van der Waals surface area contributed by atoms with Crippen LogP contribution in [0.3, 0.4) is 0 Å². The summed E-state index contributed by atoms with van der Waals surface area (Å²) in [5.74, 6) is 0.274. The van der Waals surface area contributed by atoms with Gasteiger partial charge in [-0.1, -0.05) is 0 Å². The molecule has 0 saturated carbocycles. The first-order chi connectivity index (χ1) is 12.2. The second kappa shape index (κ2) is 8.21. The lowest BCUT2D eigenvalue weighted by Crippen LogP contribution is -2.41. The minimum absolute atomic E-state index is 0.0725. The fraction of sp³-hybridized carbons (Fsp3) is 0.400. The van der Waals surface area contributed by atoms with Crippen LogP contribution in [0.1, 0.15) is 20.8 Å². The Kier molecular flexibility index (Phi) is 6.24. The molecule has 1 amide bonds. The SMILES string of the molecule is CC(C)(C)NC(=O)OC/C(=C/F)Cn1ncn(-c2cnc(Br)cn2)c1=O. The molecule has 0 radical (unpaired) electrons. The molecule has 2 heterocycles. The summed E-state index contributed by atoms with van der Waals surface area (Å²) >= 11 is 3.15. The third-order valence-corrected chi connectivity index (χ3v) is 3.37. The Bertz CT molecular complexity index is 854. The van der Waals surface area contributed by atoms with E-state index in [-0.39, 0.29) is 30.9 Å². The smallest absolute Gasteiger partial charge is 0.407 e. The number of carbonyl (C=O) groups is 1. The summed E-state index contributed by atoms with van der Waals surface area (Å²) in [5, 5.41) is 6.50. The summed E-state index contributed by atoms with van der Waals surface area (Å²) in [6, 6.07) is 0. The molecule has 0 aliphatic heterocycles. The molecule has 140 valence electrons. The van der Waals surface area contributed by atoms with E-state index in [0.29, 0.717) is 4.60 Å². The summed E-state index contributed by atoms with van der Waals surface area (Å²) < 4.78 is 20.8. The largest absolute Gasteiger partial charge is 0.445 e. The molecule has 0 saturated heterocycles. The maximum Gasteiger partial charge on any atom is 0.407 e. The van der Waals surface area contributed by atoms with Gasteiger partial charge in [-0.15, -0.1) is 0 Å². The Morgan fingerprint density at radius 1 is 1.38 bits per heavy atom. The Morgan fingerprint density at radius 3 is 2.69 bits per heavy atom. The zero-order chi connectivity index (χ0) is 19.3. The number of ether oxygens (including phenoxy) is 1. The number of hydrogen-bond donors (Lipinski definition) is 1. The fourth-order valence-corrected chi connectivity index (χ4v) is 2.04. The van der Waals surface area contributed by atoms with Crippen molar-refractivity contribution in [3.8, 4) is 5.82 Å². The third-order valence-electron chi connectivity index (χ3n) is 2.96. The van der Waals surface area contributed by atoms with E-state index in [4.69, 9.17) is 4.74 Å². The van der Waals surface area contributed by atoms with Crippen LogP contribution in [0.2, 0.25) is 0 Å². The zero-order valence-electron chi connectivity index (χ0n) is 14.4. The van der Waals surface area contributed by atoms with Crippen molar-refractivity contribution in [1.29, 1.82) is 0 Å². The Hall–Kier alpha value is -2.56. The number of hydrogen-bond acceptors (Lipinski definition) is 6. The second-order valence-corrected chi connectivity index (χ2v) is 7.17. The maximum absolute atomic E-state index is 13.1. The van der Waals surface area contributed by atoms with Gasteiger partial charge in [-0.25, -0.2) is 33.2 Å². The van der Waals surface area contributed by atoms with Gasteiger partial charge < -0.3 is 10.1 Å². The van der Waals surface area contributed by atoms with Crippen LogP contribution in [0, 0.1) is 0 Å². The van der Waals surface area contributed by atoms with Gasteiger partial charge in [-0.05, 0) is 36.7 Å². The molecule has 2 rings (SSSR count). The van der Waals surface area contributed by atoms with Gasteiger partial charge in [-0.3, -0.25) is 0 Å². The highest BCUT2D eigenvalue weighted by atomic mass is 79.9. The van der Waals surface area contributed by atoms with Crippen LogP contribution in [0.25, 0.3) is 5.82 Å². The van der Waals surface area contributed by atoms with Crippen LogP contribution in [0.5, 0.6) is 0 Å². The minimum Gasteiger partial charge on any atom is -0.445 e. The van der Waals surface area contributed by atoms with E-state index >= 15 is 0 Å². The van der Waals surface area contributed by atoms with Crippen LogP contribution in [-0.2, 0) is 11.3 Å². The van der Waals surface area contributed by atoms with Gasteiger partial charge in [0.25, 0.3) is 0 Å². The predicted octanol–water partition coefficient (Wildman–Crippen LogP) is 1.96. The molecule has 0 bridgehead atoms. The van der Waals surface area contributed by atoms with E-state index in [1.54, 1.807) is 20.8 Å². The van der Waals surface area contributed by atoms with Crippen molar-refractivity contribution in [2.45, 2.75) is 32.9 Å². The van der Waals surface area contributed by atoms with Crippen molar-refractivity contribution in [2.75, 3.05) is 6.61 Å². The third kappa shape index (κ3) is 5.48. The molecule has 0 unspecified atom stereocenters. The zero-order valence-corrected chi connectivity index (χ0v) is 16.0. The molecule has 1 N–H and O–H groups in total. The van der Waals surface area contributed by atoms with Gasteiger partial charge in [0.05, 0.1) is 25.3 Å². The first-order valence-electron chi connectivity index (χ1n) is 7.55. The number of rotatable bonds is 5. The summed E-state index contributed by atoms with van der Waals surface area (Å²) in [6.45, 7) is 4.89. The monoisotopic (exact) mass is 428 g/mol. The van der Waals surface area contributed by atoms with Crippen molar-refractivity contribution in [3.63, 3.8) is 0 Å². The minimum atomic E-state index is -0.681. The van der Waals surface area contributed by atoms with Crippen LogP contribution >= 0.6 is 15.9 Å². The maximum atomic E-state index is 13.1. The van der Waals surface area contributed by atoms with Gasteiger partial charge in [0.15, 0.2) is 5.82 Å². The molecule has 0 spiro atoms. The lowest BCUT2D eigenvalue weighted by Gasteiger charge is -2.20. The van der Waals surface area contributed by atoms with Crippen molar-refractivity contribution in [2.24, 2.45) is 0 Å². The lowest BCUT2D eigenvalue weighted by molar-refractivity contribution is 0.145. The Labute approximate surface area is 157 Å². The molecule has 0 aliphatic rings. The number of nitrogens with zero attached hydrogens (tertiary/aromatic N) is 5. The van der Waals surface area contributed by atoms with E-state index in [2.05, 4.69) is 36.3 Å². The molecule has 26 heavy (non-hydrogen) atoms. The topological polar surface area (TPSA) is 104 Å². The summed E-state index contributed by atoms with van der Waals surface area (Å²) in [6.07, 6.45) is 3.69. The number of amides is 1. The van der Waals surface area contributed by atoms with E-state index in [0.717, 1.165) is 4.68 Å². The van der Waals surface area contributed by atoms with Crippen molar-refractivity contribution < 1.29 is 13.9 Å². The van der Waals surface area contributed by atoms with Gasteiger partial charge in [0.2, 0.25) is 0 Å². The van der Waals surface area contributed by atoms with Crippen LogP contribution in [0.15, 0.2) is 40.0 Å². The van der Waals surface area contributed by atoms with E-state index in [1.807, 2.05) is 0 Å². The molecule has 2 aromatic heterocycles. The summed E-state index contributed by atoms with van der Waals surface area (Å²) in [7, 11) is 0. The number of halogens is 2. The fourth-order valence-electron chi connectivity index (χ4n) is 1.84. The number of alkyl carbamates (subject to hydrolysis) is 1. The molecule has 0 atom stereocenters. The average molecular weight is 429 g/mol. The van der Waals surface area contributed by atoms with Crippen LogP contribution in [0.4, 0.5) is 9.18 Å². The van der Waals surface area contributed by atoms with E-state index < -0.39 is 17.3 Å². The van der Waals surface area contributed by atoms with Crippen LogP contribution in [-0.4, -0.2) is 42.6 Å². The van der Waals surface area contributed by atoms with E-state index in [9.17, 15) is 14.0 Å². The van der Waals surface area contributed by atoms with Crippen molar-refractivity contribution in [1.82, 2.24) is 29.6 Å². The summed E-state index contributed by atoms with van der Waals surface area (Å²) in [4.78, 5) is 32.0. The van der Waals surface area contributed by atoms with Gasteiger partial charge >= 0.3 is 11.8 Å². The number of aromatic nitrogens is 5. The van der Waals surface area contributed by atoms with Crippen molar-refractivity contribution in [3.05, 3.63) is 45.7 Å². The molecule has 0 fully saturated rings. The molecule has 0 aromatic carbocycles. The van der Waals surface area contributed by atoms with Gasteiger partial charge in [0, 0.05) is 11.1 Å². The molecule has 0 aliphatic carbocycles. The molecule has 9 nitrogen and oxygen atoms in total. The van der Waals surface area contributed by atoms with Crippen LogP contribution < -0.4 is 11.0 Å². The average Bonchev–Trinajstić information content (AvgIpc) is 2.91. The van der Waals surface area contributed by atoms with Gasteiger partial charge in [-0.2, -0.15) is 5.10 Å². The molecular formula is C15H18BrFN6O3. The normalized spacial score (nSPS) is 12.1. The first-order valence-corrected chi connectivity index (χ1v) is 8.34. The van der Waals surface area contributed by atoms with Gasteiger partial charge in [0.1, 0.15) is 17.5 Å². The quantitative estimate of drug-likeness (QED) is 0.780. The first kappa shape index (κ1) is 19.8. The highest BCUT2D eigenvalue weighted by Crippen LogP contribution is 2.06. The molecule has 11 heteroatoms. The Balaban J connectivity index is 2.04. The summed E-state index contributed by atoms with van der Waals surface area (Å²) in [5.41, 5.74) is -0.929. The second-order valence-electron chi connectivity index (χ2n) is 6.36. The highest BCUT2D eigenvalue weighted by Gasteiger charge is 2.16. The number of nitrogens with one attached hydrogen (secondary N) is 1. The van der Waals surface area contributed by atoms with Crippen molar-refractivity contribution >= 4 is 22.0 Å². The molecule has 2 aromatic rings.